The van der Waals surface area contributed by atoms with Crippen molar-refractivity contribution in [1.29, 1.82) is 0 Å². The van der Waals surface area contributed by atoms with Crippen LogP contribution in [0.15, 0.2) is 0 Å². The van der Waals surface area contributed by atoms with Gasteiger partial charge in [-0.1, -0.05) is 12.8 Å². The second-order valence-corrected chi connectivity index (χ2v) is 9.52. The van der Waals surface area contributed by atoms with E-state index in [0.29, 0.717) is 24.2 Å². The topological polar surface area (TPSA) is 112 Å². The Hall–Kier alpha value is 0.819. The predicted molar refractivity (Wildman–Crippen MR) is 118 cm³/mol. The summed E-state index contributed by atoms with van der Waals surface area (Å²) in [7, 11) is 9.59. The fourth-order valence-corrected chi connectivity index (χ4v) is 4.01. The molecule has 1 heterocycles. The van der Waals surface area contributed by atoms with Gasteiger partial charge >= 0.3 is 33.3 Å². The molecule has 2 rings (SSSR count). The molecule has 0 aromatic heterocycles. The summed E-state index contributed by atoms with van der Waals surface area (Å²) >= 11 is 0.00694. The van der Waals surface area contributed by atoms with Gasteiger partial charge in [0, 0.05) is 63.4 Å². The molecule has 0 spiro atoms. The molecule has 1 saturated heterocycles. The zero-order valence-corrected chi connectivity index (χ0v) is 19.7. The SMILES string of the molecule is NCC[C@@H]1CN[C@@H](CCN)CN[C@@H]2CCCC[C@H]2NCCNCCN1.[Cl][Mn][Cl]. The summed E-state index contributed by atoms with van der Waals surface area (Å²) in [6.07, 6.45) is 7.26. The predicted octanol–water partition coefficient (Wildman–Crippen LogP) is 0.0705. The van der Waals surface area contributed by atoms with Crippen molar-refractivity contribution in [1.82, 2.24) is 26.6 Å². The number of nitrogens with one attached hydrogen (secondary N) is 5. The molecule has 0 aromatic carbocycles. The molecule has 1 aliphatic heterocycles. The maximum absolute atomic E-state index is 5.84. The number of nitrogens with two attached hydrogens (primary N) is 2. The van der Waals surface area contributed by atoms with E-state index in [1.807, 2.05) is 0 Å². The molecule has 7 nitrogen and oxygen atoms in total. The van der Waals surface area contributed by atoms with Crippen LogP contribution >= 0.6 is 20.2 Å². The molecule has 10 heteroatoms. The van der Waals surface area contributed by atoms with Crippen molar-refractivity contribution < 1.29 is 13.1 Å². The van der Waals surface area contributed by atoms with Crippen LogP contribution in [0.5, 0.6) is 0 Å². The van der Waals surface area contributed by atoms with Crippen molar-refractivity contribution in [2.75, 3.05) is 52.4 Å². The fraction of sp³-hybridized carbons (Fsp3) is 1.00. The van der Waals surface area contributed by atoms with Crippen LogP contribution < -0.4 is 38.1 Å². The molecule has 169 valence electrons. The van der Waals surface area contributed by atoms with Crippen molar-refractivity contribution >= 4 is 20.2 Å². The van der Waals surface area contributed by atoms with Gasteiger partial charge in [-0.2, -0.15) is 0 Å². The second-order valence-electron chi connectivity index (χ2n) is 7.57. The first-order chi connectivity index (χ1) is 13.7. The van der Waals surface area contributed by atoms with Crippen molar-refractivity contribution in [2.45, 2.75) is 62.7 Å². The minimum absolute atomic E-state index is 0.00694. The van der Waals surface area contributed by atoms with E-state index in [9.17, 15) is 0 Å². The number of hydrogen-bond donors (Lipinski definition) is 7. The van der Waals surface area contributed by atoms with Gasteiger partial charge in [0.2, 0.25) is 0 Å². The van der Waals surface area contributed by atoms with E-state index in [1.54, 1.807) is 0 Å². The van der Waals surface area contributed by atoms with Gasteiger partial charge in [-0.25, -0.2) is 0 Å². The van der Waals surface area contributed by atoms with Gasteiger partial charge in [0.15, 0.2) is 0 Å². The van der Waals surface area contributed by atoms with Crippen LogP contribution in [0.1, 0.15) is 38.5 Å². The first kappa shape index (κ1) is 26.9. The summed E-state index contributed by atoms with van der Waals surface area (Å²) < 4.78 is 0. The first-order valence-corrected chi connectivity index (χ1v) is 13.9. The molecule has 2 aliphatic rings. The van der Waals surface area contributed by atoms with E-state index in [-0.39, 0.29) is 13.1 Å². The van der Waals surface area contributed by atoms with Gasteiger partial charge in [0.05, 0.1) is 0 Å². The molecule has 2 fully saturated rings. The van der Waals surface area contributed by atoms with E-state index in [1.165, 1.54) is 25.7 Å². The number of fused-ring (bicyclic) bond motifs is 1. The molecule has 1 aliphatic carbocycles. The average Bonchev–Trinajstić information content (AvgIpc) is 2.70. The zero-order chi connectivity index (χ0) is 20.5. The van der Waals surface area contributed by atoms with E-state index in [4.69, 9.17) is 31.7 Å². The summed E-state index contributed by atoms with van der Waals surface area (Å²) in [6, 6.07) is 2.04. The second kappa shape index (κ2) is 18.6. The number of halogens is 2. The Morgan fingerprint density at radius 2 is 1.21 bits per heavy atom. The Bertz CT molecular complexity index is 358. The molecule has 0 unspecified atom stereocenters. The van der Waals surface area contributed by atoms with Gasteiger partial charge < -0.3 is 38.1 Å². The van der Waals surface area contributed by atoms with Crippen LogP contribution in [0, 0.1) is 0 Å². The van der Waals surface area contributed by atoms with Crippen LogP contribution in [0.4, 0.5) is 0 Å². The first-order valence-electron chi connectivity index (χ1n) is 10.7. The average molecular weight is 481 g/mol. The molecule has 0 radical (unpaired) electrons. The standard InChI is InChI=1S/C18H41N7.2ClH.Mn/c19-7-5-15-13-24-16(6-8-20)14-25-18-4-2-1-3-17(18)23-12-10-21-9-11-22-15;;;/h15-18,21-25H,1-14,19-20H2;2*1H;/q;;;+2/p-2/t15-,16+,17-,18-;;;/m1.../s1. The zero-order valence-electron chi connectivity index (χ0n) is 17.0. The van der Waals surface area contributed by atoms with Crippen molar-refractivity contribution in [2.24, 2.45) is 11.5 Å². The third kappa shape index (κ3) is 12.5. The summed E-state index contributed by atoms with van der Waals surface area (Å²) in [5, 5.41) is 18.5. The summed E-state index contributed by atoms with van der Waals surface area (Å²) in [4.78, 5) is 0. The van der Waals surface area contributed by atoms with Gasteiger partial charge in [0.1, 0.15) is 0 Å². The third-order valence-electron chi connectivity index (χ3n) is 5.52. The minimum atomic E-state index is 0.00694. The summed E-state index contributed by atoms with van der Waals surface area (Å²) in [6.45, 7) is 7.45. The van der Waals surface area contributed by atoms with Crippen molar-refractivity contribution in [3.63, 3.8) is 0 Å². The van der Waals surface area contributed by atoms with E-state index < -0.39 is 0 Å². The Morgan fingerprint density at radius 1 is 0.714 bits per heavy atom. The fourth-order valence-electron chi connectivity index (χ4n) is 4.01. The molecular formula is C18H41Cl2MnN7. The third-order valence-corrected chi connectivity index (χ3v) is 5.52. The van der Waals surface area contributed by atoms with E-state index in [0.717, 1.165) is 65.2 Å². The van der Waals surface area contributed by atoms with Gasteiger partial charge in [0.25, 0.3) is 0 Å². The van der Waals surface area contributed by atoms with Crippen LogP contribution in [-0.2, 0) is 13.1 Å². The molecule has 0 bridgehead atoms. The molecule has 9 N–H and O–H groups in total. The molecule has 28 heavy (non-hydrogen) atoms. The van der Waals surface area contributed by atoms with E-state index >= 15 is 0 Å². The van der Waals surface area contributed by atoms with Crippen LogP contribution in [0.2, 0.25) is 0 Å². The van der Waals surface area contributed by atoms with Crippen LogP contribution in [0.3, 0.4) is 0 Å². The Balaban J connectivity index is 0.00000122. The molecule has 0 amide bonds. The summed E-state index contributed by atoms with van der Waals surface area (Å²) in [5.41, 5.74) is 11.6. The van der Waals surface area contributed by atoms with Crippen molar-refractivity contribution in [3.05, 3.63) is 0 Å². The van der Waals surface area contributed by atoms with Crippen LogP contribution in [0.25, 0.3) is 0 Å². The van der Waals surface area contributed by atoms with Crippen LogP contribution in [-0.4, -0.2) is 76.5 Å². The Labute approximate surface area is 186 Å². The Kier molecular flexibility index (Phi) is 17.8. The number of hydrogen-bond acceptors (Lipinski definition) is 7. The molecule has 0 aromatic rings. The van der Waals surface area contributed by atoms with Crippen molar-refractivity contribution in [3.8, 4) is 0 Å². The molecule has 4 atom stereocenters. The van der Waals surface area contributed by atoms with Gasteiger partial charge in [-0.15, -0.1) is 0 Å². The maximum atomic E-state index is 5.84. The molecule has 1 saturated carbocycles. The quantitative estimate of drug-likeness (QED) is 0.285. The monoisotopic (exact) mass is 480 g/mol. The van der Waals surface area contributed by atoms with E-state index in [2.05, 4.69) is 26.6 Å². The normalized spacial score (nSPS) is 30.9. The number of rotatable bonds is 4. The van der Waals surface area contributed by atoms with Gasteiger partial charge in [-0.05, 0) is 38.8 Å². The summed E-state index contributed by atoms with van der Waals surface area (Å²) in [5.74, 6) is 0. The Morgan fingerprint density at radius 3 is 1.82 bits per heavy atom. The molecular weight excluding hydrogens is 440 g/mol. The van der Waals surface area contributed by atoms with Gasteiger partial charge in [-0.3, -0.25) is 0 Å².